The van der Waals surface area contributed by atoms with Gasteiger partial charge in [-0.05, 0) is 38.5 Å². The molecule has 4 heteroatoms. The number of Topliss-reactive ketones (excluding diaryl/α,β-unsaturated/α-hetero) is 1. The number of fused-ring (bicyclic) bond motifs is 1. The summed E-state index contributed by atoms with van der Waals surface area (Å²) in [7, 11) is 0. The molecule has 2 atom stereocenters. The molecule has 1 aliphatic rings. The third-order valence-corrected chi connectivity index (χ3v) is 3.78. The van der Waals surface area contributed by atoms with Crippen LogP contribution in [0.4, 0.5) is 0 Å². The fraction of sp³-hybridized carbons (Fsp3) is 0.300. The van der Waals surface area contributed by atoms with Crippen LogP contribution in [0.3, 0.4) is 0 Å². The summed E-state index contributed by atoms with van der Waals surface area (Å²) in [5.41, 5.74) is 0.520. The Balaban J connectivity index is 2.04. The first kappa shape index (κ1) is 16.2. The molecule has 0 saturated heterocycles. The summed E-state index contributed by atoms with van der Waals surface area (Å²) in [6.07, 6.45) is -0.691. The Morgan fingerprint density at radius 3 is 2.29 bits per heavy atom. The van der Waals surface area contributed by atoms with E-state index >= 15 is 0 Å². The summed E-state index contributed by atoms with van der Waals surface area (Å²) in [5, 5.41) is 0. The molecule has 4 nitrogen and oxygen atoms in total. The number of para-hydroxylation sites is 1. The van der Waals surface area contributed by atoms with Gasteiger partial charge in [-0.2, -0.15) is 0 Å². The third-order valence-electron chi connectivity index (χ3n) is 3.78. The lowest BCUT2D eigenvalue weighted by Crippen LogP contribution is -2.40. The van der Waals surface area contributed by atoms with Crippen LogP contribution in [0.15, 0.2) is 54.6 Å². The summed E-state index contributed by atoms with van der Waals surface area (Å²) in [5.74, 6) is -1.34. The van der Waals surface area contributed by atoms with Crippen molar-refractivity contribution in [2.24, 2.45) is 5.92 Å². The summed E-state index contributed by atoms with van der Waals surface area (Å²) in [6.45, 7) is 5.35. The topological polar surface area (TPSA) is 52.6 Å². The molecular weight excluding hydrogens is 304 g/mol. The van der Waals surface area contributed by atoms with Crippen molar-refractivity contribution >= 4 is 11.8 Å². The van der Waals surface area contributed by atoms with Crippen molar-refractivity contribution in [1.82, 2.24) is 0 Å². The highest BCUT2D eigenvalue weighted by Gasteiger charge is 2.44. The molecule has 0 amide bonds. The van der Waals surface area contributed by atoms with E-state index in [9.17, 15) is 9.59 Å². The molecule has 0 fully saturated rings. The summed E-state index contributed by atoms with van der Waals surface area (Å²) >= 11 is 0. The van der Waals surface area contributed by atoms with Gasteiger partial charge < -0.3 is 9.47 Å². The number of rotatable bonds is 2. The van der Waals surface area contributed by atoms with Gasteiger partial charge in [-0.3, -0.25) is 9.59 Å². The molecule has 0 aromatic heterocycles. The van der Waals surface area contributed by atoms with Gasteiger partial charge in [0.25, 0.3) is 0 Å². The summed E-state index contributed by atoms with van der Waals surface area (Å²) in [6, 6.07) is 16.3. The Kier molecular flexibility index (Phi) is 4.14. The summed E-state index contributed by atoms with van der Waals surface area (Å²) in [4.78, 5) is 25.6. The Labute approximate surface area is 141 Å². The molecule has 24 heavy (non-hydrogen) atoms. The monoisotopic (exact) mass is 324 g/mol. The fourth-order valence-electron chi connectivity index (χ4n) is 2.78. The molecular formula is C20H20O4. The number of ether oxygens (including phenoxy) is 2. The van der Waals surface area contributed by atoms with Crippen LogP contribution >= 0.6 is 0 Å². The standard InChI is InChI=1S/C20H20O4/c1-20(2,3)24-19(22)16-17(21)14-11-7-8-12-15(14)23-18(16)13-9-5-4-6-10-13/h4-12,16,18H,1-3H3/t16-,18+/m1/s1. The van der Waals surface area contributed by atoms with Gasteiger partial charge in [-0.25, -0.2) is 0 Å². The second kappa shape index (κ2) is 6.11. The number of carbonyl (C=O) groups excluding carboxylic acids is 2. The number of carbonyl (C=O) groups is 2. The highest BCUT2D eigenvalue weighted by Crippen LogP contribution is 2.39. The van der Waals surface area contributed by atoms with Crippen molar-refractivity contribution < 1.29 is 19.1 Å². The molecule has 1 aliphatic heterocycles. The molecule has 1 heterocycles. The first-order valence-electron chi connectivity index (χ1n) is 7.94. The van der Waals surface area contributed by atoms with E-state index in [1.54, 1.807) is 39.0 Å². The predicted molar refractivity (Wildman–Crippen MR) is 89.9 cm³/mol. The molecule has 0 aliphatic carbocycles. The highest BCUT2D eigenvalue weighted by atomic mass is 16.6. The van der Waals surface area contributed by atoms with Gasteiger partial charge >= 0.3 is 5.97 Å². The van der Waals surface area contributed by atoms with E-state index in [2.05, 4.69) is 0 Å². The van der Waals surface area contributed by atoms with Crippen molar-refractivity contribution in [3.05, 3.63) is 65.7 Å². The quantitative estimate of drug-likeness (QED) is 0.620. The minimum atomic E-state index is -1.01. The van der Waals surface area contributed by atoms with Crippen LogP contribution in [0, 0.1) is 5.92 Å². The van der Waals surface area contributed by atoms with Crippen LogP contribution in [-0.2, 0) is 9.53 Å². The third kappa shape index (κ3) is 3.18. The van der Waals surface area contributed by atoms with E-state index in [4.69, 9.17) is 9.47 Å². The molecule has 2 aromatic carbocycles. The number of hydrogen-bond donors (Lipinski definition) is 0. The van der Waals surface area contributed by atoms with Crippen molar-refractivity contribution in [3.63, 3.8) is 0 Å². The molecule has 0 radical (unpaired) electrons. The van der Waals surface area contributed by atoms with Gasteiger partial charge in [-0.1, -0.05) is 42.5 Å². The molecule has 0 N–H and O–H groups in total. The Bertz CT molecular complexity index is 759. The van der Waals surface area contributed by atoms with Crippen molar-refractivity contribution in [2.75, 3.05) is 0 Å². The van der Waals surface area contributed by atoms with Crippen LogP contribution < -0.4 is 4.74 Å². The number of hydrogen-bond acceptors (Lipinski definition) is 4. The highest BCUT2D eigenvalue weighted by molar-refractivity contribution is 6.11. The number of benzene rings is 2. The lowest BCUT2D eigenvalue weighted by molar-refractivity contribution is -0.161. The first-order valence-corrected chi connectivity index (χ1v) is 7.94. The Morgan fingerprint density at radius 1 is 1.00 bits per heavy atom. The second-order valence-corrected chi connectivity index (χ2v) is 6.82. The van der Waals surface area contributed by atoms with Gasteiger partial charge in [0.2, 0.25) is 0 Å². The Morgan fingerprint density at radius 2 is 1.62 bits per heavy atom. The minimum absolute atomic E-state index is 0.264. The SMILES string of the molecule is CC(C)(C)OC(=O)[C@@H]1C(=O)c2ccccc2O[C@H]1c1ccccc1. The zero-order chi connectivity index (χ0) is 17.3. The maximum atomic E-state index is 12.9. The fourth-order valence-corrected chi connectivity index (χ4v) is 2.78. The van der Waals surface area contributed by atoms with Gasteiger partial charge in [-0.15, -0.1) is 0 Å². The molecule has 0 unspecified atom stereocenters. The number of ketones is 1. The molecule has 3 rings (SSSR count). The average molecular weight is 324 g/mol. The van der Waals surface area contributed by atoms with Crippen molar-refractivity contribution in [1.29, 1.82) is 0 Å². The van der Waals surface area contributed by atoms with Crippen LogP contribution in [0.1, 0.15) is 42.8 Å². The van der Waals surface area contributed by atoms with Gasteiger partial charge in [0.15, 0.2) is 11.7 Å². The van der Waals surface area contributed by atoms with E-state index in [0.717, 1.165) is 5.56 Å². The van der Waals surface area contributed by atoms with E-state index in [1.165, 1.54) is 0 Å². The maximum Gasteiger partial charge on any atom is 0.321 e. The van der Waals surface area contributed by atoms with E-state index in [1.807, 2.05) is 36.4 Å². The van der Waals surface area contributed by atoms with Crippen LogP contribution in [0.2, 0.25) is 0 Å². The van der Waals surface area contributed by atoms with Gasteiger partial charge in [0, 0.05) is 0 Å². The molecule has 0 spiro atoms. The first-order chi connectivity index (χ1) is 11.4. The second-order valence-electron chi connectivity index (χ2n) is 6.82. The normalized spacial score (nSPS) is 20.0. The molecule has 0 saturated carbocycles. The van der Waals surface area contributed by atoms with Gasteiger partial charge in [0.1, 0.15) is 17.5 Å². The van der Waals surface area contributed by atoms with Crippen LogP contribution in [0.25, 0.3) is 0 Å². The van der Waals surface area contributed by atoms with Gasteiger partial charge in [0.05, 0.1) is 5.56 Å². The summed E-state index contributed by atoms with van der Waals surface area (Å²) < 4.78 is 11.5. The van der Waals surface area contributed by atoms with Crippen molar-refractivity contribution in [2.45, 2.75) is 32.5 Å². The molecule has 0 bridgehead atoms. The van der Waals surface area contributed by atoms with E-state index in [0.29, 0.717) is 11.3 Å². The average Bonchev–Trinajstić information content (AvgIpc) is 2.54. The largest absolute Gasteiger partial charge is 0.484 e. The van der Waals surface area contributed by atoms with Crippen LogP contribution in [0.5, 0.6) is 5.75 Å². The zero-order valence-electron chi connectivity index (χ0n) is 14.0. The van der Waals surface area contributed by atoms with E-state index < -0.39 is 23.6 Å². The maximum absolute atomic E-state index is 12.9. The van der Waals surface area contributed by atoms with Crippen LogP contribution in [-0.4, -0.2) is 17.4 Å². The lowest BCUT2D eigenvalue weighted by atomic mass is 9.85. The smallest absolute Gasteiger partial charge is 0.321 e. The molecule has 124 valence electrons. The Hall–Kier alpha value is -2.62. The predicted octanol–water partition coefficient (Wildman–Crippen LogP) is 3.96. The number of esters is 1. The minimum Gasteiger partial charge on any atom is -0.484 e. The van der Waals surface area contributed by atoms with E-state index in [-0.39, 0.29) is 5.78 Å². The lowest BCUT2D eigenvalue weighted by Gasteiger charge is -2.33. The molecule has 2 aromatic rings. The van der Waals surface area contributed by atoms with Crippen molar-refractivity contribution in [3.8, 4) is 5.75 Å². The zero-order valence-corrected chi connectivity index (χ0v) is 14.0.